The van der Waals surface area contributed by atoms with Crippen molar-refractivity contribution >= 4 is 29.8 Å². The van der Waals surface area contributed by atoms with E-state index in [2.05, 4.69) is 5.32 Å². The van der Waals surface area contributed by atoms with Crippen LogP contribution in [0.25, 0.3) is 11.3 Å². The predicted molar refractivity (Wildman–Crippen MR) is 194 cm³/mol. The Morgan fingerprint density at radius 2 is 1.65 bits per heavy atom. The number of esters is 2. The molecule has 0 saturated carbocycles. The van der Waals surface area contributed by atoms with Crippen molar-refractivity contribution < 1.29 is 47.0 Å². The largest absolute Gasteiger partial charge is 0.465 e. The minimum absolute atomic E-state index is 0.0433. The predicted octanol–water partition coefficient (Wildman–Crippen LogP) is 4.90. The summed E-state index contributed by atoms with van der Waals surface area (Å²) in [4.78, 5) is 70.9. The van der Waals surface area contributed by atoms with Gasteiger partial charge < -0.3 is 29.0 Å². The molecule has 2 aromatic carbocycles. The number of hydrogen-bond donors (Lipinski definition) is 2. The van der Waals surface area contributed by atoms with Gasteiger partial charge in [0, 0.05) is 31.8 Å². The Morgan fingerprint density at radius 1 is 0.981 bits per heavy atom. The molecule has 0 aliphatic carbocycles. The van der Waals surface area contributed by atoms with Gasteiger partial charge in [-0.3, -0.25) is 24.2 Å². The molecule has 294 valence electrons. The highest BCUT2D eigenvalue weighted by Crippen LogP contribution is 2.40. The van der Waals surface area contributed by atoms with Crippen LogP contribution >= 0.6 is 0 Å². The number of carbonyl (C=O) groups is 5. The topological polar surface area (TPSA) is 175 Å². The molecule has 0 fully saturated rings. The molecule has 3 N–H and O–H groups in total. The van der Waals surface area contributed by atoms with Gasteiger partial charge in [-0.05, 0) is 63.3 Å². The van der Waals surface area contributed by atoms with Crippen LogP contribution in [0.2, 0.25) is 0 Å². The van der Waals surface area contributed by atoms with Crippen LogP contribution in [-0.2, 0) is 39.9 Å². The number of benzene rings is 2. The van der Waals surface area contributed by atoms with Gasteiger partial charge in [0.05, 0.1) is 18.3 Å². The van der Waals surface area contributed by atoms with E-state index in [4.69, 9.17) is 25.0 Å². The van der Waals surface area contributed by atoms with Gasteiger partial charge in [-0.25, -0.2) is 24.4 Å². The molecule has 3 aromatic rings. The van der Waals surface area contributed by atoms with E-state index in [-0.39, 0.29) is 43.2 Å². The first kappa shape index (κ1) is 43.0. The molecule has 16 heteroatoms. The van der Waals surface area contributed by atoms with Crippen LogP contribution < -0.4 is 11.2 Å². The number of alkyl carbamates (subject to hydrolysis) is 1. The first-order valence-corrected chi connectivity index (χ1v) is 17.4. The van der Waals surface area contributed by atoms with E-state index in [9.17, 15) is 28.4 Å². The van der Waals surface area contributed by atoms with E-state index in [1.54, 1.807) is 38.5 Å². The third-order valence-corrected chi connectivity index (χ3v) is 7.84. The maximum atomic E-state index is 15.2. The van der Waals surface area contributed by atoms with Crippen molar-refractivity contribution in [1.29, 1.82) is 0 Å². The molecule has 0 spiro atoms. The van der Waals surface area contributed by atoms with E-state index < -0.39 is 77.7 Å². The number of rotatable bonds is 15. The number of imidazole rings is 1. The van der Waals surface area contributed by atoms with E-state index in [0.29, 0.717) is 5.01 Å². The van der Waals surface area contributed by atoms with Crippen molar-refractivity contribution in [3.63, 3.8) is 0 Å². The van der Waals surface area contributed by atoms with Crippen LogP contribution in [-0.4, -0.2) is 87.3 Å². The molecule has 0 radical (unpaired) electrons. The van der Waals surface area contributed by atoms with Crippen molar-refractivity contribution in [2.24, 2.45) is 11.3 Å². The van der Waals surface area contributed by atoms with E-state index in [1.165, 1.54) is 4.90 Å². The van der Waals surface area contributed by atoms with Gasteiger partial charge in [0.2, 0.25) is 0 Å². The van der Waals surface area contributed by atoms with Crippen LogP contribution in [0.3, 0.4) is 0 Å². The molecule has 0 aliphatic rings. The summed E-state index contributed by atoms with van der Waals surface area (Å²) in [6.07, 6.45) is 0.333. The van der Waals surface area contributed by atoms with Crippen molar-refractivity contribution in [2.75, 3.05) is 26.3 Å². The Morgan fingerprint density at radius 3 is 2.24 bits per heavy atom. The number of nitrogens with one attached hydrogen (secondary N) is 1. The summed E-state index contributed by atoms with van der Waals surface area (Å²) in [6, 6.07) is 9.89. The minimum atomic E-state index is -1.43. The SMILES string of the molecule is CCOC(=O)CN(N)C(=O)[C@H](CCN(C(=O)COC(C)=O)[C@@H](c1nc(-c2cc(F)ccc2F)cn1Cc1ccccc1)C(C)(C)C)NC(=O)OC(C)(C)C. The van der Waals surface area contributed by atoms with Crippen LogP contribution in [0.1, 0.15) is 79.2 Å². The molecule has 14 nitrogen and oxygen atoms in total. The normalized spacial score (nSPS) is 12.6. The fourth-order valence-corrected chi connectivity index (χ4v) is 5.62. The van der Waals surface area contributed by atoms with Crippen LogP contribution in [0.5, 0.6) is 0 Å². The number of aromatic nitrogens is 2. The zero-order valence-electron chi connectivity index (χ0n) is 32.0. The minimum Gasteiger partial charge on any atom is -0.465 e. The zero-order chi connectivity index (χ0) is 40.4. The monoisotopic (exact) mass is 756 g/mol. The third-order valence-electron chi connectivity index (χ3n) is 7.84. The molecule has 3 amide bonds. The molecule has 3 rings (SSSR count). The Labute approximate surface area is 313 Å². The fourth-order valence-electron chi connectivity index (χ4n) is 5.62. The molecule has 0 unspecified atom stereocenters. The summed E-state index contributed by atoms with van der Waals surface area (Å²) in [5.41, 5.74) is -0.957. The number of nitrogens with zero attached hydrogens (tertiary/aromatic N) is 4. The summed E-state index contributed by atoms with van der Waals surface area (Å²) >= 11 is 0. The number of hydrazine groups is 1. The second-order valence-corrected chi connectivity index (χ2v) is 14.6. The Kier molecular flexibility index (Phi) is 14.8. The molecule has 0 aliphatic heterocycles. The quantitative estimate of drug-likeness (QED) is 0.0713. The number of amides is 3. The summed E-state index contributed by atoms with van der Waals surface area (Å²) in [7, 11) is 0. The number of ether oxygens (including phenoxy) is 3. The lowest BCUT2D eigenvalue weighted by atomic mass is 9.84. The second kappa shape index (κ2) is 18.6. The molecule has 1 aromatic heterocycles. The Balaban J connectivity index is 2.18. The molecule has 0 bridgehead atoms. The van der Waals surface area contributed by atoms with Gasteiger partial charge in [-0.2, -0.15) is 0 Å². The summed E-state index contributed by atoms with van der Waals surface area (Å²) in [6.45, 7) is 11.8. The number of nitrogens with two attached hydrogens (primary N) is 1. The second-order valence-electron chi connectivity index (χ2n) is 14.6. The lowest BCUT2D eigenvalue weighted by Gasteiger charge is -2.40. The van der Waals surface area contributed by atoms with Crippen LogP contribution in [0.15, 0.2) is 54.7 Å². The van der Waals surface area contributed by atoms with E-state index >= 15 is 4.39 Å². The maximum Gasteiger partial charge on any atom is 0.408 e. The summed E-state index contributed by atoms with van der Waals surface area (Å²) in [5.74, 6) is 1.78. The van der Waals surface area contributed by atoms with Crippen molar-refractivity contribution in [1.82, 2.24) is 24.8 Å². The van der Waals surface area contributed by atoms with Gasteiger partial charge in [0.25, 0.3) is 11.8 Å². The van der Waals surface area contributed by atoms with Crippen molar-refractivity contribution in [2.45, 2.75) is 86.0 Å². The first-order chi connectivity index (χ1) is 25.2. The van der Waals surface area contributed by atoms with E-state index in [1.807, 2.05) is 51.1 Å². The van der Waals surface area contributed by atoms with Gasteiger partial charge in [0.1, 0.15) is 35.6 Å². The van der Waals surface area contributed by atoms with Crippen LogP contribution in [0.4, 0.5) is 13.6 Å². The van der Waals surface area contributed by atoms with Crippen molar-refractivity contribution in [3.8, 4) is 11.3 Å². The van der Waals surface area contributed by atoms with Crippen molar-refractivity contribution in [3.05, 3.63) is 77.8 Å². The van der Waals surface area contributed by atoms with Gasteiger partial charge in [0.15, 0.2) is 6.61 Å². The molecule has 2 atom stereocenters. The maximum absolute atomic E-state index is 15.2. The summed E-state index contributed by atoms with van der Waals surface area (Å²) < 4.78 is 46.7. The number of carbonyl (C=O) groups excluding carboxylic acids is 5. The molecule has 0 saturated heterocycles. The Hall–Kier alpha value is -5.38. The van der Waals surface area contributed by atoms with Crippen LogP contribution in [0, 0.1) is 17.0 Å². The highest BCUT2D eigenvalue weighted by atomic mass is 19.1. The molecular formula is C38H50F2N6O8. The molecular weight excluding hydrogens is 706 g/mol. The Bertz CT molecular complexity index is 1790. The number of halogens is 2. The number of hydrogen-bond acceptors (Lipinski definition) is 10. The van der Waals surface area contributed by atoms with E-state index in [0.717, 1.165) is 30.7 Å². The van der Waals surface area contributed by atoms with Gasteiger partial charge in [-0.15, -0.1) is 0 Å². The highest BCUT2D eigenvalue weighted by Gasteiger charge is 2.40. The lowest BCUT2D eigenvalue weighted by Crippen LogP contribution is -2.55. The first-order valence-electron chi connectivity index (χ1n) is 17.4. The highest BCUT2D eigenvalue weighted by molar-refractivity contribution is 5.88. The zero-order valence-corrected chi connectivity index (χ0v) is 32.0. The van der Waals surface area contributed by atoms with Gasteiger partial charge in [-0.1, -0.05) is 51.1 Å². The average Bonchev–Trinajstić information content (AvgIpc) is 3.46. The molecule has 54 heavy (non-hydrogen) atoms. The fraction of sp³-hybridized carbons (Fsp3) is 0.474. The summed E-state index contributed by atoms with van der Waals surface area (Å²) in [5, 5.41) is 3.09. The smallest absolute Gasteiger partial charge is 0.408 e. The third kappa shape index (κ3) is 12.6. The average molecular weight is 757 g/mol. The van der Waals surface area contributed by atoms with Gasteiger partial charge >= 0.3 is 18.0 Å². The molecule has 1 heterocycles. The standard InChI is InChI=1S/C38H50F2N6O8/c1-9-52-32(49)22-46(41)35(50)29(43-36(51)54-38(6,7)8)17-18-45(31(48)23-53-24(2)47)33(37(3,4)5)34-42-30(27-19-26(39)15-16-28(27)40)21-44(34)20-25-13-11-10-12-14-25/h10-16,19,21,29,33H,9,17-18,20,22-23,41H2,1-8H3,(H,43,51)/t29-,33-/m0/s1. The lowest BCUT2D eigenvalue weighted by molar-refractivity contribution is -0.153.